The normalized spacial score (nSPS) is 10.6. The molecule has 0 bridgehead atoms. The highest BCUT2D eigenvalue weighted by molar-refractivity contribution is 5.90. The van der Waals surface area contributed by atoms with E-state index in [4.69, 9.17) is 0 Å². The first kappa shape index (κ1) is 11.5. The molecule has 0 aliphatic carbocycles. The van der Waals surface area contributed by atoms with Gasteiger partial charge in [0.15, 0.2) is 0 Å². The van der Waals surface area contributed by atoms with Crippen LogP contribution >= 0.6 is 0 Å². The van der Waals surface area contributed by atoms with Gasteiger partial charge in [-0.25, -0.2) is 4.98 Å². The Hall–Kier alpha value is -2.60. The molecule has 0 aliphatic heterocycles. The van der Waals surface area contributed by atoms with Gasteiger partial charge in [-0.3, -0.25) is 0 Å². The highest BCUT2D eigenvalue weighted by Gasteiger charge is 2.13. The number of fused-ring (bicyclic) bond motifs is 1. The van der Waals surface area contributed by atoms with Gasteiger partial charge in [0, 0.05) is 12.6 Å². The van der Waals surface area contributed by atoms with Crippen LogP contribution in [0.2, 0.25) is 0 Å². The summed E-state index contributed by atoms with van der Waals surface area (Å²) in [6.45, 7) is 2.06. The molecular formula is C16H13N3. The molecule has 0 saturated carbocycles. The van der Waals surface area contributed by atoms with Gasteiger partial charge in [0.05, 0.1) is 22.9 Å². The second kappa shape index (κ2) is 4.25. The summed E-state index contributed by atoms with van der Waals surface area (Å²) < 4.78 is 1.90. The molecule has 0 amide bonds. The zero-order chi connectivity index (χ0) is 13.4. The van der Waals surface area contributed by atoms with Gasteiger partial charge in [0.2, 0.25) is 0 Å². The standard InChI is InChI=1S/C16H13N3/c1-11-5-3-4-6-12(11)13-7-8-15-16(14(13)9-17)19(2)10-18-15/h3-8,10H,1-2H3. The van der Waals surface area contributed by atoms with Crippen molar-refractivity contribution in [1.82, 2.24) is 9.55 Å². The first-order valence-electron chi connectivity index (χ1n) is 6.12. The fraction of sp³-hybridized carbons (Fsp3) is 0.125. The minimum atomic E-state index is 0.687. The second-order valence-electron chi connectivity index (χ2n) is 4.64. The maximum Gasteiger partial charge on any atom is 0.102 e. The maximum absolute atomic E-state index is 9.52. The first-order valence-corrected chi connectivity index (χ1v) is 6.12. The van der Waals surface area contributed by atoms with Crippen molar-refractivity contribution >= 4 is 11.0 Å². The van der Waals surface area contributed by atoms with Crippen molar-refractivity contribution in [3.05, 3.63) is 53.9 Å². The van der Waals surface area contributed by atoms with Crippen LogP contribution in [0.5, 0.6) is 0 Å². The molecule has 0 atom stereocenters. The summed E-state index contributed by atoms with van der Waals surface area (Å²) in [7, 11) is 1.91. The van der Waals surface area contributed by atoms with Gasteiger partial charge in [-0.1, -0.05) is 30.3 Å². The van der Waals surface area contributed by atoms with E-state index in [9.17, 15) is 5.26 Å². The Labute approximate surface area is 111 Å². The van der Waals surface area contributed by atoms with Crippen LogP contribution in [0.15, 0.2) is 42.7 Å². The molecule has 0 saturated heterocycles. The number of imidazole rings is 1. The van der Waals surface area contributed by atoms with Crippen LogP contribution in [0.3, 0.4) is 0 Å². The van der Waals surface area contributed by atoms with Crippen molar-refractivity contribution in [2.24, 2.45) is 7.05 Å². The average Bonchev–Trinajstić information content (AvgIpc) is 2.80. The lowest BCUT2D eigenvalue weighted by Crippen LogP contribution is -1.93. The van der Waals surface area contributed by atoms with Crippen LogP contribution in [0, 0.1) is 18.3 Å². The summed E-state index contributed by atoms with van der Waals surface area (Å²) in [6.07, 6.45) is 1.74. The quantitative estimate of drug-likeness (QED) is 0.661. The van der Waals surface area contributed by atoms with Crippen LogP contribution in [-0.2, 0) is 7.05 Å². The lowest BCUT2D eigenvalue weighted by atomic mass is 9.95. The van der Waals surface area contributed by atoms with E-state index >= 15 is 0 Å². The fourth-order valence-electron chi connectivity index (χ4n) is 2.46. The molecule has 0 spiro atoms. The second-order valence-corrected chi connectivity index (χ2v) is 4.64. The van der Waals surface area contributed by atoms with E-state index in [1.807, 2.05) is 41.9 Å². The van der Waals surface area contributed by atoms with Gasteiger partial charge in [-0.15, -0.1) is 0 Å². The molecular weight excluding hydrogens is 234 g/mol. The Morgan fingerprint density at radius 2 is 1.89 bits per heavy atom. The highest BCUT2D eigenvalue weighted by Crippen LogP contribution is 2.30. The van der Waals surface area contributed by atoms with E-state index in [1.165, 1.54) is 5.56 Å². The molecule has 0 unspecified atom stereocenters. The molecule has 1 heterocycles. The third kappa shape index (κ3) is 1.69. The van der Waals surface area contributed by atoms with Gasteiger partial charge >= 0.3 is 0 Å². The maximum atomic E-state index is 9.52. The zero-order valence-corrected chi connectivity index (χ0v) is 10.9. The fourth-order valence-corrected chi connectivity index (χ4v) is 2.46. The number of rotatable bonds is 1. The Balaban J connectivity index is 2.40. The van der Waals surface area contributed by atoms with E-state index in [2.05, 4.69) is 24.0 Å². The first-order chi connectivity index (χ1) is 9.22. The predicted octanol–water partition coefficient (Wildman–Crippen LogP) is 3.42. The average molecular weight is 247 g/mol. The summed E-state index contributed by atoms with van der Waals surface area (Å²) in [5.41, 5.74) is 5.67. The molecule has 19 heavy (non-hydrogen) atoms. The van der Waals surface area contributed by atoms with E-state index in [-0.39, 0.29) is 0 Å². The van der Waals surface area contributed by atoms with Crippen molar-refractivity contribution in [2.75, 3.05) is 0 Å². The third-order valence-corrected chi connectivity index (χ3v) is 3.43. The van der Waals surface area contributed by atoms with E-state index in [1.54, 1.807) is 6.33 Å². The van der Waals surface area contributed by atoms with Crippen molar-refractivity contribution in [2.45, 2.75) is 6.92 Å². The smallest absolute Gasteiger partial charge is 0.102 e. The third-order valence-electron chi connectivity index (χ3n) is 3.43. The lowest BCUT2D eigenvalue weighted by molar-refractivity contribution is 0.946. The molecule has 92 valence electrons. The Morgan fingerprint density at radius 3 is 2.63 bits per heavy atom. The molecule has 0 aliphatic rings. The Bertz CT molecular complexity index is 806. The van der Waals surface area contributed by atoms with Gasteiger partial charge in [-0.05, 0) is 24.1 Å². The minimum absolute atomic E-state index is 0.687. The largest absolute Gasteiger partial charge is 0.333 e. The van der Waals surface area contributed by atoms with E-state index in [0.717, 1.165) is 22.2 Å². The summed E-state index contributed by atoms with van der Waals surface area (Å²) in [5.74, 6) is 0. The van der Waals surface area contributed by atoms with Crippen molar-refractivity contribution in [3.63, 3.8) is 0 Å². The van der Waals surface area contributed by atoms with Gasteiger partial charge < -0.3 is 4.57 Å². The summed E-state index contributed by atoms with van der Waals surface area (Å²) in [5, 5.41) is 9.52. The van der Waals surface area contributed by atoms with Crippen LogP contribution in [0.4, 0.5) is 0 Å². The van der Waals surface area contributed by atoms with Crippen LogP contribution < -0.4 is 0 Å². The number of nitrogens with zero attached hydrogens (tertiary/aromatic N) is 3. The van der Waals surface area contributed by atoms with Crippen molar-refractivity contribution in [3.8, 4) is 17.2 Å². The zero-order valence-electron chi connectivity index (χ0n) is 10.9. The molecule has 3 nitrogen and oxygen atoms in total. The number of hydrogen-bond donors (Lipinski definition) is 0. The summed E-state index contributed by atoms with van der Waals surface area (Å²) in [4.78, 5) is 4.30. The summed E-state index contributed by atoms with van der Waals surface area (Å²) in [6, 6.07) is 14.4. The molecule has 3 aromatic rings. The number of hydrogen-bond acceptors (Lipinski definition) is 2. The van der Waals surface area contributed by atoms with E-state index in [0.29, 0.717) is 5.56 Å². The van der Waals surface area contributed by atoms with Gasteiger partial charge in [-0.2, -0.15) is 5.26 Å². The number of aryl methyl sites for hydroxylation is 2. The summed E-state index contributed by atoms with van der Waals surface area (Å²) >= 11 is 0. The Morgan fingerprint density at radius 1 is 1.11 bits per heavy atom. The monoisotopic (exact) mass is 247 g/mol. The van der Waals surface area contributed by atoms with Crippen LogP contribution in [-0.4, -0.2) is 9.55 Å². The lowest BCUT2D eigenvalue weighted by Gasteiger charge is -2.09. The Kier molecular flexibility index (Phi) is 2.57. The van der Waals surface area contributed by atoms with Crippen LogP contribution in [0.25, 0.3) is 22.2 Å². The molecule has 1 aromatic heterocycles. The molecule has 0 N–H and O–H groups in total. The molecule has 2 aromatic carbocycles. The SMILES string of the molecule is Cc1ccccc1-c1ccc2ncn(C)c2c1C#N. The van der Waals surface area contributed by atoms with Crippen molar-refractivity contribution in [1.29, 1.82) is 5.26 Å². The molecule has 3 heteroatoms. The minimum Gasteiger partial charge on any atom is -0.333 e. The number of benzene rings is 2. The van der Waals surface area contributed by atoms with Gasteiger partial charge in [0.1, 0.15) is 6.07 Å². The predicted molar refractivity (Wildman–Crippen MR) is 75.6 cm³/mol. The number of nitriles is 1. The van der Waals surface area contributed by atoms with Crippen LogP contribution in [0.1, 0.15) is 11.1 Å². The van der Waals surface area contributed by atoms with E-state index < -0.39 is 0 Å². The van der Waals surface area contributed by atoms with Crippen molar-refractivity contribution < 1.29 is 0 Å². The molecule has 3 rings (SSSR count). The highest BCUT2D eigenvalue weighted by atomic mass is 15.0. The van der Waals surface area contributed by atoms with Gasteiger partial charge in [0.25, 0.3) is 0 Å². The molecule has 0 fully saturated rings. The number of aromatic nitrogens is 2. The molecule has 0 radical (unpaired) electrons. The topological polar surface area (TPSA) is 41.6 Å².